The smallest absolute Gasteiger partial charge is 0.101 e. The van der Waals surface area contributed by atoms with E-state index in [0.29, 0.717) is 0 Å². The van der Waals surface area contributed by atoms with Crippen LogP contribution in [0.5, 0.6) is 0 Å². The highest BCUT2D eigenvalue weighted by molar-refractivity contribution is 9.25. The average Bonchev–Trinajstić information content (AvgIpc) is 2.06. The van der Waals surface area contributed by atoms with Gasteiger partial charge in [-0.05, 0) is 5.56 Å². The Labute approximate surface area is 83.6 Å². The lowest BCUT2D eigenvalue weighted by Gasteiger charge is -2.14. The Hall–Kier alpha value is -0.0800. The predicted molar refractivity (Wildman–Crippen MR) is 56.2 cm³/mol. The number of allylic oxidation sites excluding steroid dienone is 1. The van der Waals surface area contributed by atoms with E-state index < -0.39 is 0 Å². The van der Waals surface area contributed by atoms with Crippen molar-refractivity contribution in [1.29, 1.82) is 0 Å². The van der Waals surface area contributed by atoms with Crippen LogP contribution in [0.1, 0.15) is 5.56 Å². The molecule has 1 aromatic carbocycles. The topological polar surface area (TPSA) is 0 Å². The summed E-state index contributed by atoms with van der Waals surface area (Å²) >= 11 is 6.98. The third kappa shape index (κ3) is 2.17. The van der Waals surface area contributed by atoms with Gasteiger partial charge in [-0.15, -0.1) is 6.58 Å². The largest absolute Gasteiger partial charge is 0.123 e. The van der Waals surface area contributed by atoms with Gasteiger partial charge in [0, 0.05) is 0 Å². The first kappa shape index (κ1) is 9.01. The highest BCUT2D eigenvalue weighted by Crippen LogP contribution is 2.38. The van der Waals surface area contributed by atoms with E-state index in [9.17, 15) is 0 Å². The Balaban J connectivity index is 3.02. The summed E-state index contributed by atoms with van der Waals surface area (Å²) in [5.74, 6) is 0. The molecule has 1 rings (SSSR count). The van der Waals surface area contributed by atoms with Crippen LogP contribution in [0.3, 0.4) is 0 Å². The third-order valence-corrected chi connectivity index (χ3v) is 2.98. The fraction of sp³-hybridized carbons (Fsp3) is 0.111. The summed E-state index contributed by atoms with van der Waals surface area (Å²) < 4.78 is -0.277. The van der Waals surface area contributed by atoms with Gasteiger partial charge in [-0.1, -0.05) is 68.3 Å². The zero-order valence-electron chi connectivity index (χ0n) is 5.93. The predicted octanol–water partition coefficient (Wildman–Crippen LogP) is 3.82. The Morgan fingerprint density at radius 3 is 2.18 bits per heavy atom. The fourth-order valence-electron chi connectivity index (χ4n) is 0.778. The molecule has 0 bridgehead atoms. The first-order valence-electron chi connectivity index (χ1n) is 3.24. The molecule has 0 unspecified atom stereocenters. The summed E-state index contributed by atoms with van der Waals surface area (Å²) in [6.07, 6.45) is 1.81. The lowest BCUT2D eigenvalue weighted by atomic mass is 10.1. The lowest BCUT2D eigenvalue weighted by molar-refractivity contribution is 1.19. The molecule has 11 heavy (non-hydrogen) atoms. The number of rotatable bonds is 2. The maximum atomic E-state index is 3.71. The van der Waals surface area contributed by atoms with Crippen molar-refractivity contribution in [2.24, 2.45) is 0 Å². The van der Waals surface area contributed by atoms with Gasteiger partial charge in [0.1, 0.15) is 3.23 Å². The van der Waals surface area contributed by atoms with E-state index in [-0.39, 0.29) is 3.23 Å². The summed E-state index contributed by atoms with van der Waals surface area (Å²) in [6.45, 7) is 3.71. The monoisotopic (exact) mass is 274 g/mol. The summed E-state index contributed by atoms with van der Waals surface area (Å²) in [5, 5.41) is 0. The van der Waals surface area contributed by atoms with E-state index in [1.807, 2.05) is 36.4 Å². The minimum Gasteiger partial charge on any atom is -0.101 e. The van der Waals surface area contributed by atoms with Gasteiger partial charge in [0.15, 0.2) is 0 Å². The molecule has 1 aromatic rings. The average molecular weight is 276 g/mol. The van der Waals surface area contributed by atoms with Gasteiger partial charge in [0.2, 0.25) is 0 Å². The van der Waals surface area contributed by atoms with Crippen molar-refractivity contribution in [1.82, 2.24) is 0 Å². The van der Waals surface area contributed by atoms with Crippen molar-refractivity contribution in [3.8, 4) is 0 Å². The van der Waals surface area contributed by atoms with Gasteiger partial charge in [0.25, 0.3) is 0 Å². The second-order valence-electron chi connectivity index (χ2n) is 2.19. The van der Waals surface area contributed by atoms with Crippen molar-refractivity contribution >= 4 is 31.9 Å². The Morgan fingerprint density at radius 2 is 1.73 bits per heavy atom. The van der Waals surface area contributed by atoms with Crippen LogP contribution in [-0.4, -0.2) is 0 Å². The van der Waals surface area contributed by atoms with Crippen LogP contribution >= 0.6 is 31.9 Å². The standard InChI is InChI=1S/C9H8Br2/c1-2-9(10,11)8-6-4-3-5-7-8/h2-7H,1H2. The number of benzene rings is 1. The molecule has 0 aliphatic carbocycles. The molecule has 0 amide bonds. The minimum absolute atomic E-state index is 0.277. The number of halogens is 2. The van der Waals surface area contributed by atoms with E-state index >= 15 is 0 Å². The molecule has 0 spiro atoms. The number of alkyl halides is 2. The molecule has 0 fully saturated rings. The molecule has 0 saturated carbocycles. The van der Waals surface area contributed by atoms with Crippen molar-refractivity contribution < 1.29 is 0 Å². The zero-order chi connectivity index (χ0) is 8.32. The molecule has 0 nitrogen and oxygen atoms in total. The molecule has 0 N–H and O–H groups in total. The van der Waals surface area contributed by atoms with E-state index in [0.717, 1.165) is 5.56 Å². The van der Waals surface area contributed by atoms with Gasteiger partial charge in [-0.2, -0.15) is 0 Å². The van der Waals surface area contributed by atoms with E-state index in [1.165, 1.54) is 0 Å². The molecule has 0 atom stereocenters. The maximum absolute atomic E-state index is 3.71. The maximum Gasteiger partial charge on any atom is 0.123 e. The minimum atomic E-state index is -0.277. The van der Waals surface area contributed by atoms with E-state index in [1.54, 1.807) is 0 Å². The number of hydrogen-bond donors (Lipinski definition) is 0. The lowest BCUT2D eigenvalue weighted by Crippen LogP contribution is -2.02. The normalized spacial score (nSPS) is 11.1. The molecular formula is C9H8Br2. The zero-order valence-corrected chi connectivity index (χ0v) is 9.10. The second-order valence-corrected chi connectivity index (χ2v) is 5.76. The molecule has 0 aliphatic heterocycles. The molecular weight excluding hydrogens is 268 g/mol. The highest BCUT2D eigenvalue weighted by Gasteiger charge is 2.19. The molecule has 2 heteroatoms. The molecule has 0 aliphatic rings. The first-order valence-corrected chi connectivity index (χ1v) is 4.82. The second kappa shape index (κ2) is 3.55. The summed E-state index contributed by atoms with van der Waals surface area (Å²) in [7, 11) is 0. The van der Waals surface area contributed by atoms with Gasteiger partial charge in [-0.3, -0.25) is 0 Å². The quantitative estimate of drug-likeness (QED) is 0.569. The summed E-state index contributed by atoms with van der Waals surface area (Å²) in [4.78, 5) is 0. The highest BCUT2D eigenvalue weighted by atomic mass is 79.9. The molecule has 0 radical (unpaired) electrons. The van der Waals surface area contributed by atoms with E-state index in [2.05, 4.69) is 38.4 Å². The van der Waals surface area contributed by atoms with E-state index in [4.69, 9.17) is 0 Å². The molecule has 58 valence electrons. The molecule has 0 saturated heterocycles. The summed E-state index contributed by atoms with van der Waals surface area (Å²) in [6, 6.07) is 10.0. The van der Waals surface area contributed by atoms with Gasteiger partial charge >= 0.3 is 0 Å². The van der Waals surface area contributed by atoms with Crippen LogP contribution in [0.2, 0.25) is 0 Å². The molecule has 0 aromatic heterocycles. The Morgan fingerprint density at radius 1 is 1.18 bits per heavy atom. The fourth-order valence-corrected chi connectivity index (χ4v) is 1.31. The van der Waals surface area contributed by atoms with Crippen LogP contribution in [0.15, 0.2) is 43.0 Å². The van der Waals surface area contributed by atoms with Crippen molar-refractivity contribution in [3.05, 3.63) is 48.6 Å². The summed E-state index contributed by atoms with van der Waals surface area (Å²) in [5.41, 5.74) is 1.15. The SMILES string of the molecule is C=CC(Br)(Br)c1ccccc1. The van der Waals surface area contributed by atoms with Crippen LogP contribution in [-0.2, 0) is 3.23 Å². The van der Waals surface area contributed by atoms with Crippen LogP contribution < -0.4 is 0 Å². The number of hydrogen-bond acceptors (Lipinski definition) is 0. The third-order valence-electron chi connectivity index (χ3n) is 1.42. The van der Waals surface area contributed by atoms with Crippen molar-refractivity contribution in [2.45, 2.75) is 3.23 Å². The van der Waals surface area contributed by atoms with Crippen LogP contribution in [0, 0.1) is 0 Å². The van der Waals surface area contributed by atoms with Gasteiger partial charge in [-0.25, -0.2) is 0 Å². The first-order chi connectivity index (χ1) is 5.17. The van der Waals surface area contributed by atoms with Crippen molar-refractivity contribution in [2.75, 3.05) is 0 Å². The molecule has 0 heterocycles. The van der Waals surface area contributed by atoms with Crippen molar-refractivity contribution in [3.63, 3.8) is 0 Å². The Bertz CT molecular complexity index is 239. The van der Waals surface area contributed by atoms with Crippen LogP contribution in [0.25, 0.3) is 0 Å². The van der Waals surface area contributed by atoms with Crippen LogP contribution in [0.4, 0.5) is 0 Å². The Kier molecular flexibility index (Phi) is 2.90. The van der Waals surface area contributed by atoms with Gasteiger partial charge in [0.05, 0.1) is 0 Å². The van der Waals surface area contributed by atoms with Gasteiger partial charge < -0.3 is 0 Å².